The minimum absolute atomic E-state index is 0.00627. The minimum Gasteiger partial charge on any atom is -0.497 e. The van der Waals surface area contributed by atoms with Gasteiger partial charge in [0.15, 0.2) is 0 Å². The number of aryl methyl sites for hydroxylation is 1. The molecule has 1 unspecified atom stereocenters. The molecule has 2 aromatic rings. The lowest BCUT2D eigenvalue weighted by Crippen LogP contribution is -2.44. The summed E-state index contributed by atoms with van der Waals surface area (Å²) in [6, 6.07) is 10.6. The van der Waals surface area contributed by atoms with Crippen LogP contribution in [0, 0.1) is 18.8 Å². The maximum absolute atomic E-state index is 12.6. The molecule has 0 aliphatic heterocycles. The van der Waals surface area contributed by atoms with Crippen LogP contribution in [0.1, 0.15) is 24.5 Å². The van der Waals surface area contributed by atoms with Crippen molar-refractivity contribution in [3.05, 3.63) is 59.7 Å². The first-order valence-electron chi connectivity index (χ1n) is 9.24. The van der Waals surface area contributed by atoms with Crippen LogP contribution in [0.2, 0.25) is 0 Å². The summed E-state index contributed by atoms with van der Waals surface area (Å²) in [5, 5.41) is 0. The highest BCUT2D eigenvalue weighted by molar-refractivity contribution is 8.66. The van der Waals surface area contributed by atoms with Crippen LogP contribution >= 0.6 is 0 Å². The van der Waals surface area contributed by atoms with Gasteiger partial charge in [0.2, 0.25) is 0 Å². The highest BCUT2D eigenvalue weighted by Crippen LogP contribution is 2.18. The Bertz CT molecular complexity index is 1180. The largest absolute Gasteiger partial charge is 0.497 e. The molecule has 0 heterocycles. The number of benzene rings is 2. The van der Waals surface area contributed by atoms with Crippen molar-refractivity contribution in [1.82, 2.24) is 4.72 Å². The van der Waals surface area contributed by atoms with E-state index in [1.165, 1.54) is 31.4 Å². The SMILES string of the molecule is CCOC(=O)C(CC#Cc1ccc(OC)cc1)NS(=O)(=O)S(=O)(=O)c1ccc(C)cc1. The van der Waals surface area contributed by atoms with Crippen LogP contribution in [0.5, 0.6) is 5.75 Å². The molecule has 31 heavy (non-hydrogen) atoms. The van der Waals surface area contributed by atoms with E-state index in [4.69, 9.17) is 9.47 Å². The summed E-state index contributed by atoms with van der Waals surface area (Å²) in [6.45, 7) is 3.28. The van der Waals surface area contributed by atoms with Gasteiger partial charge in [-0.25, -0.2) is 8.42 Å². The van der Waals surface area contributed by atoms with Gasteiger partial charge in [-0.2, -0.15) is 13.1 Å². The molecule has 8 nitrogen and oxygen atoms in total. The summed E-state index contributed by atoms with van der Waals surface area (Å²) in [6.07, 6.45) is -0.284. The van der Waals surface area contributed by atoms with Crippen LogP contribution in [0.15, 0.2) is 53.4 Å². The molecule has 0 bridgehead atoms. The van der Waals surface area contributed by atoms with Crippen molar-refractivity contribution in [3.8, 4) is 17.6 Å². The Hall–Kier alpha value is -2.87. The summed E-state index contributed by atoms with van der Waals surface area (Å²) in [5.74, 6) is 5.20. The lowest BCUT2D eigenvalue weighted by Gasteiger charge is -2.15. The second-order valence-corrected chi connectivity index (χ2v) is 11.5. The third-order valence-electron chi connectivity index (χ3n) is 4.09. The number of hydrogen-bond donors (Lipinski definition) is 1. The molecule has 0 radical (unpaired) electrons. The standard InChI is InChI=1S/C21H23NO7S2/c1-4-29-21(23)20(7-5-6-17-10-12-18(28-3)13-11-17)22-31(26,27)30(24,25)19-14-8-16(2)9-15-19/h8-15,20,22H,4,7H2,1-3H3. The molecule has 0 spiro atoms. The Kier molecular flexibility index (Phi) is 8.21. The van der Waals surface area contributed by atoms with E-state index >= 15 is 0 Å². The number of ether oxygens (including phenoxy) is 2. The van der Waals surface area contributed by atoms with Gasteiger partial charge in [0, 0.05) is 12.0 Å². The first-order chi connectivity index (χ1) is 14.6. The molecule has 1 N–H and O–H groups in total. The van der Waals surface area contributed by atoms with Crippen molar-refractivity contribution in [2.45, 2.75) is 31.2 Å². The van der Waals surface area contributed by atoms with Crippen molar-refractivity contribution in [2.24, 2.45) is 0 Å². The van der Waals surface area contributed by atoms with Crippen molar-refractivity contribution >= 4 is 23.9 Å². The molecule has 0 amide bonds. The van der Waals surface area contributed by atoms with Crippen LogP contribution in [-0.2, 0) is 27.5 Å². The fourth-order valence-corrected chi connectivity index (χ4v) is 5.61. The van der Waals surface area contributed by atoms with Gasteiger partial charge in [0.1, 0.15) is 11.8 Å². The number of carbonyl (C=O) groups is 1. The summed E-state index contributed by atoms with van der Waals surface area (Å²) in [7, 11) is -8.22. The third kappa shape index (κ3) is 6.30. The highest BCUT2D eigenvalue weighted by Gasteiger charge is 2.36. The molecule has 0 saturated heterocycles. The Morgan fingerprint density at radius 3 is 2.19 bits per heavy atom. The predicted octanol–water partition coefficient (Wildman–Crippen LogP) is 1.99. The average molecular weight is 466 g/mol. The number of methoxy groups -OCH3 is 1. The molecule has 0 saturated carbocycles. The zero-order chi connectivity index (χ0) is 23.1. The number of hydrogen-bond acceptors (Lipinski definition) is 7. The number of carbonyl (C=O) groups excluding carboxylic acids is 1. The fourth-order valence-electron chi connectivity index (χ4n) is 2.41. The summed E-state index contributed by atoms with van der Waals surface area (Å²) in [5.41, 5.74) is 1.38. The van der Waals surface area contributed by atoms with E-state index in [1.807, 2.05) is 4.72 Å². The molecule has 0 aromatic heterocycles. The topological polar surface area (TPSA) is 116 Å². The molecule has 0 aliphatic carbocycles. The summed E-state index contributed by atoms with van der Waals surface area (Å²) in [4.78, 5) is 11.8. The Morgan fingerprint density at radius 2 is 1.65 bits per heavy atom. The molecular formula is C21H23NO7S2. The molecule has 166 valence electrons. The van der Waals surface area contributed by atoms with Gasteiger partial charge in [0.05, 0.1) is 18.6 Å². The van der Waals surface area contributed by atoms with E-state index in [9.17, 15) is 21.6 Å². The Labute approximate surface area is 181 Å². The Morgan fingerprint density at radius 1 is 1.03 bits per heavy atom. The van der Waals surface area contributed by atoms with Crippen LogP contribution in [-0.4, -0.2) is 42.6 Å². The minimum atomic E-state index is -4.96. The van der Waals surface area contributed by atoms with Crippen molar-refractivity contribution in [1.29, 1.82) is 0 Å². The van der Waals surface area contributed by atoms with Crippen LogP contribution in [0.4, 0.5) is 0 Å². The Balaban J connectivity index is 2.26. The quantitative estimate of drug-likeness (QED) is 0.360. The van der Waals surface area contributed by atoms with E-state index in [-0.39, 0.29) is 13.0 Å². The third-order valence-corrected chi connectivity index (χ3v) is 8.68. The first kappa shape index (κ1) is 24.4. The maximum atomic E-state index is 12.6. The van der Waals surface area contributed by atoms with Gasteiger partial charge in [-0.05, 0) is 50.2 Å². The van der Waals surface area contributed by atoms with Gasteiger partial charge >= 0.3 is 15.0 Å². The van der Waals surface area contributed by atoms with Crippen LogP contribution in [0.3, 0.4) is 0 Å². The highest BCUT2D eigenvalue weighted by atomic mass is 33.2. The van der Waals surface area contributed by atoms with Crippen LogP contribution < -0.4 is 9.46 Å². The molecule has 2 aromatic carbocycles. The second kappa shape index (κ2) is 10.4. The van der Waals surface area contributed by atoms with Gasteiger partial charge in [0.25, 0.3) is 8.87 Å². The van der Waals surface area contributed by atoms with Crippen LogP contribution in [0.25, 0.3) is 0 Å². The number of esters is 1. The van der Waals surface area contributed by atoms with Crippen molar-refractivity contribution in [3.63, 3.8) is 0 Å². The lowest BCUT2D eigenvalue weighted by atomic mass is 10.2. The molecule has 1 atom stereocenters. The monoisotopic (exact) mass is 465 g/mol. The number of rotatable bonds is 8. The normalized spacial score (nSPS) is 12.4. The van der Waals surface area contributed by atoms with E-state index in [1.54, 1.807) is 38.1 Å². The summed E-state index contributed by atoms with van der Waals surface area (Å²) >= 11 is 0. The van der Waals surface area contributed by atoms with Gasteiger partial charge in [-0.3, -0.25) is 4.79 Å². The van der Waals surface area contributed by atoms with Crippen molar-refractivity contribution in [2.75, 3.05) is 13.7 Å². The average Bonchev–Trinajstić information content (AvgIpc) is 2.73. The molecule has 0 fully saturated rings. The molecular weight excluding hydrogens is 442 g/mol. The maximum Gasteiger partial charge on any atom is 0.325 e. The number of nitrogens with one attached hydrogen (secondary N) is 1. The van der Waals surface area contributed by atoms with Gasteiger partial charge < -0.3 is 9.47 Å². The predicted molar refractivity (Wildman–Crippen MR) is 115 cm³/mol. The summed E-state index contributed by atoms with van der Waals surface area (Å²) < 4.78 is 62.2. The zero-order valence-electron chi connectivity index (χ0n) is 17.3. The fraction of sp³-hybridized carbons (Fsp3) is 0.286. The first-order valence-corrected chi connectivity index (χ1v) is 12.7. The second-order valence-electron chi connectivity index (χ2n) is 6.38. The van der Waals surface area contributed by atoms with E-state index in [0.29, 0.717) is 11.3 Å². The zero-order valence-corrected chi connectivity index (χ0v) is 18.9. The smallest absolute Gasteiger partial charge is 0.325 e. The molecule has 10 heteroatoms. The van der Waals surface area contributed by atoms with E-state index in [2.05, 4.69) is 11.8 Å². The van der Waals surface area contributed by atoms with Gasteiger partial charge in [-0.15, -0.1) is 0 Å². The molecule has 2 rings (SSSR count). The lowest BCUT2D eigenvalue weighted by molar-refractivity contribution is -0.144. The molecule has 0 aliphatic rings. The van der Waals surface area contributed by atoms with E-state index < -0.39 is 34.8 Å². The van der Waals surface area contributed by atoms with Crippen molar-refractivity contribution < 1.29 is 31.1 Å². The van der Waals surface area contributed by atoms with E-state index in [0.717, 1.165) is 5.56 Å². The van der Waals surface area contributed by atoms with Gasteiger partial charge in [-0.1, -0.05) is 29.5 Å².